The highest BCUT2D eigenvalue weighted by Crippen LogP contribution is 2.23. The summed E-state index contributed by atoms with van der Waals surface area (Å²) in [5, 5.41) is 9.12. The van der Waals surface area contributed by atoms with Gasteiger partial charge in [0.1, 0.15) is 6.04 Å². The highest BCUT2D eigenvalue weighted by atomic mass is 16.5. The van der Waals surface area contributed by atoms with E-state index >= 15 is 0 Å². The molecule has 0 saturated carbocycles. The lowest BCUT2D eigenvalue weighted by Crippen LogP contribution is -2.53. The number of carbonyl (C=O) groups is 2. The molecule has 7 heteroatoms. The first-order valence-electron chi connectivity index (χ1n) is 5.42. The molecule has 7 nitrogen and oxygen atoms in total. The van der Waals surface area contributed by atoms with Gasteiger partial charge in [-0.15, -0.1) is 0 Å². The molecule has 0 aliphatic carbocycles. The van der Waals surface area contributed by atoms with E-state index in [1.54, 1.807) is 4.90 Å². The summed E-state index contributed by atoms with van der Waals surface area (Å²) in [6.45, 7) is 0.973. The van der Waals surface area contributed by atoms with E-state index in [1.807, 2.05) is 0 Å². The number of aromatic carboxylic acids is 1. The molecule has 18 heavy (non-hydrogen) atoms. The number of carboxylic acids is 1. The first-order chi connectivity index (χ1) is 8.61. The largest absolute Gasteiger partial charge is 0.478 e. The van der Waals surface area contributed by atoms with Crippen molar-refractivity contribution >= 4 is 17.6 Å². The van der Waals surface area contributed by atoms with Crippen LogP contribution in [0.15, 0.2) is 18.5 Å². The van der Waals surface area contributed by atoms with Crippen molar-refractivity contribution < 1.29 is 19.4 Å². The number of morpholine rings is 1. The lowest BCUT2D eigenvalue weighted by Gasteiger charge is -2.35. The Balaban J connectivity index is 2.39. The maximum absolute atomic E-state index is 11.4. The van der Waals surface area contributed by atoms with E-state index in [4.69, 9.17) is 15.6 Å². The van der Waals surface area contributed by atoms with E-state index in [-0.39, 0.29) is 12.2 Å². The molecule has 1 fully saturated rings. The Bertz CT molecular complexity index is 477. The monoisotopic (exact) mass is 251 g/mol. The number of nitrogens with two attached hydrogens (primary N) is 1. The molecule has 0 aromatic carbocycles. The van der Waals surface area contributed by atoms with Crippen LogP contribution >= 0.6 is 0 Å². The molecule has 1 aromatic heterocycles. The first-order valence-corrected chi connectivity index (χ1v) is 5.42. The predicted molar refractivity (Wildman–Crippen MR) is 62.3 cm³/mol. The number of carboxylic acid groups (broad SMARTS) is 1. The van der Waals surface area contributed by atoms with Crippen LogP contribution in [-0.4, -0.2) is 47.8 Å². The standard InChI is InChI=1S/C11H13N3O4/c12-10(15)9-6-18-4-3-14(9)8-5-13-2-1-7(8)11(16)17/h1-2,5,9H,3-4,6H2,(H2,12,15)(H,16,17). The Kier molecular flexibility index (Phi) is 3.42. The Morgan fingerprint density at radius 2 is 2.33 bits per heavy atom. The molecule has 3 N–H and O–H groups in total. The van der Waals surface area contributed by atoms with Gasteiger partial charge < -0.3 is 20.5 Å². The van der Waals surface area contributed by atoms with Crippen LogP contribution in [0.1, 0.15) is 10.4 Å². The number of anilines is 1. The van der Waals surface area contributed by atoms with Crippen LogP contribution in [0.3, 0.4) is 0 Å². The van der Waals surface area contributed by atoms with Gasteiger partial charge in [0, 0.05) is 12.7 Å². The quantitative estimate of drug-likeness (QED) is 0.748. The molecule has 1 unspecified atom stereocenters. The van der Waals surface area contributed by atoms with Gasteiger partial charge in [0.15, 0.2) is 0 Å². The van der Waals surface area contributed by atoms with Gasteiger partial charge >= 0.3 is 5.97 Å². The maximum Gasteiger partial charge on any atom is 0.337 e. The van der Waals surface area contributed by atoms with Gasteiger partial charge in [-0.1, -0.05) is 0 Å². The molecule has 1 aliphatic rings. The number of hydrogen-bond acceptors (Lipinski definition) is 5. The van der Waals surface area contributed by atoms with Crippen molar-refractivity contribution in [2.75, 3.05) is 24.7 Å². The Morgan fingerprint density at radius 3 is 3.00 bits per heavy atom. The van der Waals surface area contributed by atoms with Gasteiger partial charge in [0.05, 0.1) is 30.7 Å². The fraction of sp³-hybridized carbons (Fsp3) is 0.364. The number of amides is 1. The minimum atomic E-state index is -1.07. The van der Waals surface area contributed by atoms with E-state index < -0.39 is 17.9 Å². The summed E-state index contributed by atoms with van der Waals surface area (Å²) in [7, 11) is 0. The number of pyridine rings is 1. The van der Waals surface area contributed by atoms with Crippen molar-refractivity contribution in [1.82, 2.24) is 4.98 Å². The highest BCUT2D eigenvalue weighted by molar-refractivity contribution is 5.95. The number of carbonyl (C=O) groups excluding carboxylic acids is 1. The summed E-state index contributed by atoms with van der Waals surface area (Å²) < 4.78 is 5.19. The number of nitrogens with zero attached hydrogens (tertiary/aromatic N) is 2. The van der Waals surface area contributed by atoms with Crippen LogP contribution in [0.25, 0.3) is 0 Å². The number of primary amides is 1. The topological polar surface area (TPSA) is 106 Å². The Hall–Kier alpha value is -2.15. The van der Waals surface area contributed by atoms with E-state index in [9.17, 15) is 9.59 Å². The zero-order chi connectivity index (χ0) is 13.1. The summed E-state index contributed by atoms with van der Waals surface area (Å²) >= 11 is 0. The molecule has 1 amide bonds. The Morgan fingerprint density at radius 1 is 1.56 bits per heavy atom. The fourth-order valence-electron chi connectivity index (χ4n) is 1.92. The number of aromatic nitrogens is 1. The Labute approximate surface area is 103 Å². The van der Waals surface area contributed by atoms with Crippen molar-refractivity contribution in [3.63, 3.8) is 0 Å². The molecule has 0 bridgehead atoms. The molecule has 96 valence electrons. The normalized spacial score (nSPS) is 19.6. The van der Waals surface area contributed by atoms with Gasteiger partial charge in [-0.3, -0.25) is 9.78 Å². The van der Waals surface area contributed by atoms with E-state index in [2.05, 4.69) is 4.98 Å². The molecular formula is C11H13N3O4. The minimum absolute atomic E-state index is 0.0955. The molecule has 1 atom stereocenters. The van der Waals surface area contributed by atoms with E-state index in [1.165, 1.54) is 18.5 Å². The second kappa shape index (κ2) is 5.01. The number of rotatable bonds is 3. The van der Waals surface area contributed by atoms with Crippen molar-refractivity contribution in [1.29, 1.82) is 0 Å². The number of ether oxygens (including phenoxy) is 1. The molecule has 1 saturated heterocycles. The summed E-state index contributed by atoms with van der Waals surface area (Å²) in [6.07, 6.45) is 2.82. The van der Waals surface area contributed by atoms with Crippen LogP contribution < -0.4 is 10.6 Å². The van der Waals surface area contributed by atoms with Crippen molar-refractivity contribution in [2.24, 2.45) is 5.73 Å². The minimum Gasteiger partial charge on any atom is -0.478 e. The third-order valence-electron chi connectivity index (χ3n) is 2.80. The fourth-order valence-corrected chi connectivity index (χ4v) is 1.92. The summed E-state index contributed by atoms with van der Waals surface area (Å²) in [5.74, 6) is -1.61. The molecule has 2 heterocycles. The molecule has 1 aromatic rings. The van der Waals surface area contributed by atoms with Gasteiger partial charge in [0.25, 0.3) is 0 Å². The highest BCUT2D eigenvalue weighted by Gasteiger charge is 2.30. The third-order valence-corrected chi connectivity index (χ3v) is 2.80. The van der Waals surface area contributed by atoms with Gasteiger partial charge in [0.2, 0.25) is 5.91 Å². The smallest absolute Gasteiger partial charge is 0.337 e. The van der Waals surface area contributed by atoms with Crippen molar-refractivity contribution in [3.05, 3.63) is 24.0 Å². The van der Waals surface area contributed by atoms with Crippen LogP contribution in [-0.2, 0) is 9.53 Å². The average Bonchev–Trinajstić information content (AvgIpc) is 2.38. The summed E-state index contributed by atoms with van der Waals surface area (Å²) in [6, 6.07) is 0.728. The van der Waals surface area contributed by atoms with Crippen LogP contribution in [0.2, 0.25) is 0 Å². The van der Waals surface area contributed by atoms with Crippen molar-refractivity contribution in [3.8, 4) is 0 Å². The van der Waals surface area contributed by atoms with Gasteiger partial charge in [-0.2, -0.15) is 0 Å². The molecule has 2 rings (SSSR count). The van der Waals surface area contributed by atoms with Crippen LogP contribution in [0, 0.1) is 0 Å². The third kappa shape index (κ3) is 2.25. The second-order valence-electron chi connectivity index (χ2n) is 3.88. The van der Waals surface area contributed by atoms with E-state index in [0.717, 1.165) is 0 Å². The molecule has 1 aliphatic heterocycles. The van der Waals surface area contributed by atoms with Gasteiger partial charge in [-0.25, -0.2) is 4.79 Å². The predicted octanol–water partition coefficient (Wildman–Crippen LogP) is -0.530. The summed E-state index contributed by atoms with van der Waals surface area (Å²) in [5.41, 5.74) is 5.77. The molecular weight excluding hydrogens is 238 g/mol. The zero-order valence-corrected chi connectivity index (χ0v) is 9.57. The molecule has 0 spiro atoms. The second-order valence-corrected chi connectivity index (χ2v) is 3.88. The maximum atomic E-state index is 11.4. The molecule has 0 radical (unpaired) electrons. The lowest BCUT2D eigenvalue weighted by atomic mass is 10.1. The van der Waals surface area contributed by atoms with E-state index in [0.29, 0.717) is 18.8 Å². The van der Waals surface area contributed by atoms with Gasteiger partial charge in [-0.05, 0) is 6.07 Å². The lowest BCUT2D eigenvalue weighted by molar-refractivity contribution is -0.121. The van der Waals surface area contributed by atoms with Crippen molar-refractivity contribution in [2.45, 2.75) is 6.04 Å². The summed E-state index contributed by atoms with van der Waals surface area (Å²) in [4.78, 5) is 28.0. The SMILES string of the molecule is NC(=O)C1COCCN1c1cnccc1C(=O)O. The number of hydrogen-bond donors (Lipinski definition) is 2. The average molecular weight is 251 g/mol. The zero-order valence-electron chi connectivity index (χ0n) is 9.57. The van der Waals surface area contributed by atoms with Crippen LogP contribution in [0.5, 0.6) is 0 Å². The first kappa shape index (κ1) is 12.3. The van der Waals surface area contributed by atoms with Crippen LogP contribution in [0.4, 0.5) is 5.69 Å².